The molecule has 1 heterocycles. The molecular formula is C23H25ClN4O4S. The van der Waals surface area contributed by atoms with E-state index in [-0.39, 0.29) is 42.1 Å². The highest BCUT2D eigenvalue weighted by Gasteiger charge is 2.31. The van der Waals surface area contributed by atoms with Gasteiger partial charge in [-0.15, -0.1) is 0 Å². The summed E-state index contributed by atoms with van der Waals surface area (Å²) < 4.78 is 26.9. The Labute approximate surface area is 198 Å². The third kappa shape index (κ3) is 6.78. The predicted octanol–water partition coefficient (Wildman–Crippen LogP) is 3.15. The van der Waals surface area contributed by atoms with Crippen LogP contribution in [0.1, 0.15) is 31.2 Å². The number of hydrogen-bond donors (Lipinski definition) is 2. The summed E-state index contributed by atoms with van der Waals surface area (Å²) in [5, 5.41) is 15.1. The van der Waals surface area contributed by atoms with Crippen molar-refractivity contribution in [3.8, 4) is 6.07 Å². The molecule has 1 saturated heterocycles. The minimum Gasteiger partial charge on any atom is -0.356 e. The standard InChI is InChI=1S/C23H25ClN4O4S/c24-19-5-7-20(8-6-19)27-22(29)2-1-13-26-23(30)18-11-14-28(15-12-18)33(31,32)21-9-3-17(16-25)4-10-21/h3-10,18H,1-2,11-15H2,(H,26,30)(H,27,29). The highest BCUT2D eigenvalue weighted by Crippen LogP contribution is 2.24. The summed E-state index contributed by atoms with van der Waals surface area (Å²) in [6.07, 6.45) is 1.62. The topological polar surface area (TPSA) is 119 Å². The summed E-state index contributed by atoms with van der Waals surface area (Å²) in [7, 11) is -3.65. The quantitative estimate of drug-likeness (QED) is 0.553. The molecule has 1 aliphatic rings. The molecule has 0 aromatic heterocycles. The number of piperidine rings is 1. The monoisotopic (exact) mass is 488 g/mol. The first-order chi connectivity index (χ1) is 15.8. The number of anilines is 1. The lowest BCUT2D eigenvalue weighted by molar-refractivity contribution is -0.126. The van der Waals surface area contributed by atoms with Crippen LogP contribution in [0.5, 0.6) is 0 Å². The molecule has 0 atom stereocenters. The van der Waals surface area contributed by atoms with Crippen LogP contribution in [0.3, 0.4) is 0 Å². The summed E-state index contributed by atoms with van der Waals surface area (Å²) in [6, 6.07) is 14.6. The maximum Gasteiger partial charge on any atom is 0.243 e. The van der Waals surface area contributed by atoms with E-state index < -0.39 is 10.0 Å². The molecule has 2 aromatic rings. The minimum absolute atomic E-state index is 0.122. The van der Waals surface area contributed by atoms with E-state index in [4.69, 9.17) is 16.9 Å². The second kappa shape index (κ2) is 11.3. The molecule has 0 radical (unpaired) electrons. The van der Waals surface area contributed by atoms with Crippen molar-refractivity contribution in [2.24, 2.45) is 5.92 Å². The van der Waals surface area contributed by atoms with Crippen LogP contribution in [0.4, 0.5) is 5.69 Å². The second-order valence-electron chi connectivity index (χ2n) is 7.76. The highest BCUT2D eigenvalue weighted by molar-refractivity contribution is 7.89. The number of nitrogens with one attached hydrogen (secondary N) is 2. The van der Waals surface area contributed by atoms with Gasteiger partial charge in [0.1, 0.15) is 0 Å². The van der Waals surface area contributed by atoms with E-state index in [9.17, 15) is 18.0 Å². The molecule has 2 N–H and O–H groups in total. The average molecular weight is 489 g/mol. The predicted molar refractivity (Wildman–Crippen MR) is 125 cm³/mol. The largest absolute Gasteiger partial charge is 0.356 e. The van der Waals surface area contributed by atoms with Gasteiger partial charge in [0.05, 0.1) is 16.5 Å². The van der Waals surface area contributed by atoms with Gasteiger partial charge in [-0.25, -0.2) is 8.42 Å². The van der Waals surface area contributed by atoms with Crippen LogP contribution >= 0.6 is 11.6 Å². The van der Waals surface area contributed by atoms with Gasteiger partial charge >= 0.3 is 0 Å². The lowest BCUT2D eigenvalue weighted by Gasteiger charge is -2.30. The van der Waals surface area contributed by atoms with Crippen molar-refractivity contribution in [3.63, 3.8) is 0 Å². The Kier molecular flexibility index (Phi) is 8.44. The molecule has 0 spiro atoms. The molecule has 33 heavy (non-hydrogen) atoms. The van der Waals surface area contributed by atoms with Crippen LogP contribution in [0.2, 0.25) is 5.02 Å². The minimum atomic E-state index is -3.65. The molecule has 2 amide bonds. The Morgan fingerprint density at radius 2 is 1.70 bits per heavy atom. The van der Waals surface area contributed by atoms with Gasteiger partial charge in [-0.3, -0.25) is 9.59 Å². The number of rotatable bonds is 8. The van der Waals surface area contributed by atoms with Crippen LogP contribution in [-0.2, 0) is 19.6 Å². The second-order valence-corrected chi connectivity index (χ2v) is 10.1. The van der Waals surface area contributed by atoms with Crippen molar-refractivity contribution in [1.82, 2.24) is 9.62 Å². The number of benzene rings is 2. The van der Waals surface area contributed by atoms with Crippen LogP contribution < -0.4 is 10.6 Å². The first-order valence-electron chi connectivity index (χ1n) is 10.6. The van der Waals surface area contributed by atoms with Gasteiger partial charge < -0.3 is 10.6 Å². The zero-order valence-corrected chi connectivity index (χ0v) is 19.5. The molecule has 1 fully saturated rings. The highest BCUT2D eigenvalue weighted by atomic mass is 35.5. The summed E-state index contributed by atoms with van der Waals surface area (Å²) >= 11 is 5.82. The van der Waals surface area contributed by atoms with Crippen molar-refractivity contribution in [3.05, 3.63) is 59.1 Å². The van der Waals surface area contributed by atoms with E-state index in [0.29, 0.717) is 42.1 Å². The smallest absolute Gasteiger partial charge is 0.243 e. The number of sulfonamides is 1. The van der Waals surface area contributed by atoms with Gasteiger partial charge in [0, 0.05) is 42.7 Å². The Bertz CT molecular complexity index is 1120. The molecule has 8 nitrogen and oxygen atoms in total. The van der Waals surface area contributed by atoms with Gasteiger partial charge in [-0.05, 0) is 67.8 Å². The number of halogens is 1. The molecular weight excluding hydrogens is 464 g/mol. The van der Waals surface area contributed by atoms with E-state index >= 15 is 0 Å². The van der Waals surface area contributed by atoms with Crippen molar-refractivity contribution in [2.45, 2.75) is 30.6 Å². The first kappa shape index (κ1) is 24.7. The van der Waals surface area contributed by atoms with Crippen LogP contribution in [0.15, 0.2) is 53.4 Å². The molecule has 0 saturated carbocycles. The summed E-state index contributed by atoms with van der Waals surface area (Å²) in [6.45, 7) is 0.879. The molecule has 0 unspecified atom stereocenters. The molecule has 3 rings (SSSR count). The number of amides is 2. The molecule has 1 aliphatic heterocycles. The van der Waals surface area contributed by atoms with Crippen molar-refractivity contribution < 1.29 is 18.0 Å². The van der Waals surface area contributed by atoms with Crippen molar-refractivity contribution in [2.75, 3.05) is 25.0 Å². The Hall–Kier alpha value is -2.93. The van der Waals surface area contributed by atoms with Gasteiger partial charge in [0.25, 0.3) is 0 Å². The maximum atomic E-state index is 12.8. The fourth-order valence-electron chi connectivity index (χ4n) is 3.57. The number of carbonyl (C=O) groups excluding carboxylic acids is 2. The summed E-state index contributed by atoms with van der Waals surface area (Å²) in [5.41, 5.74) is 1.06. The lowest BCUT2D eigenvalue weighted by Crippen LogP contribution is -2.43. The molecule has 2 aromatic carbocycles. The summed E-state index contributed by atoms with van der Waals surface area (Å²) in [4.78, 5) is 24.6. The number of hydrogen-bond acceptors (Lipinski definition) is 5. The number of carbonyl (C=O) groups is 2. The number of nitrogens with zero attached hydrogens (tertiary/aromatic N) is 2. The van der Waals surface area contributed by atoms with Crippen LogP contribution in [-0.4, -0.2) is 44.2 Å². The lowest BCUT2D eigenvalue weighted by atomic mass is 9.97. The van der Waals surface area contributed by atoms with Crippen molar-refractivity contribution in [1.29, 1.82) is 5.26 Å². The van der Waals surface area contributed by atoms with Gasteiger partial charge in [-0.2, -0.15) is 9.57 Å². The van der Waals surface area contributed by atoms with Crippen LogP contribution in [0.25, 0.3) is 0 Å². The maximum absolute atomic E-state index is 12.8. The van der Waals surface area contributed by atoms with E-state index in [0.717, 1.165) is 0 Å². The zero-order valence-electron chi connectivity index (χ0n) is 18.0. The van der Waals surface area contributed by atoms with Gasteiger partial charge in [0.15, 0.2) is 0 Å². The average Bonchev–Trinajstić information content (AvgIpc) is 2.83. The normalized spacial score (nSPS) is 14.9. The molecule has 0 bridgehead atoms. The van der Waals surface area contributed by atoms with E-state index in [2.05, 4.69) is 10.6 Å². The zero-order chi connectivity index (χ0) is 23.8. The van der Waals surface area contributed by atoms with Gasteiger partial charge in [0.2, 0.25) is 21.8 Å². The fourth-order valence-corrected chi connectivity index (χ4v) is 5.17. The third-order valence-electron chi connectivity index (χ3n) is 5.45. The molecule has 174 valence electrons. The fraction of sp³-hybridized carbons (Fsp3) is 0.348. The Balaban J connectivity index is 1.38. The van der Waals surface area contributed by atoms with E-state index in [1.807, 2.05) is 6.07 Å². The van der Waals surface area contributed by atoms with Crippen molar-refractivity contribution >= 4 is 39.1 Å². The third-order valence-corrected chi connectivity index (χ3v) is 7.62. The summed E-state index contributed by atoms with van der Waals surface area (Å²) in [5.74, 6) is -0.531. The first-order valence-corrected chi connectivity index (χ1v) is 12.4. The van der Waals surface area contributed by atoms with Gasteiger partial charge in [-0.1, -0.05) is 11.6 Å². The Morgan fingerprint density at radius 1 is 1.06 bits per heavy atom. The molecule has 0 aliphatic carbocycles. The molecule has 10 heteroatoms. The van der Waals surface area contributed by atoms with Crippen LogP contribution in [0, 0.1) is 17.2 Å². The van der Waals surface area contributed by atoms with E-state index in [1.54, 1.807) is 24.3 Å². The Morgan fingerprint density at radius 3 is 2.30 bits per heavy atom. The SMILES string of the molecule is N#Cc1ccc(S(=O)(=O)N2CCC(C(=O)NCCCC(=O)Nc3ccc(Cl)cc3)CC2)cc1. The van der Waals surface area contributed by atoms with E-state index in [1.165, 1.54) is 28.6 Å². The number of nitriles is 1.